The first-order chi connectivity index (χ1) is 16.5. The molecule has 0 amide bonds. The molecule has 0 spiro atoms. The summed E-state index contributed by atoms with van der Waals surface area (Å²) in [5.74, 6) is 0.797. The summed E-state index contributed by atoms with van der Waals surface area (Å²) in [6.45, 7) is 0. The van der Waals surface area contributed by atoms with Gasteiger partial charge in [-0.15, -0.1) is 0 Å². The highest BCUT2D eigenvalue weighted by molar-refractivity contribution is 8.43. The molecule has 34 heavy (non-hydrogen) atoms. The molecular weight excluding hydrogens is 561 g/mol. The van der Waals surface area contributed by atoms with Crippen molar-refractivity contribution in [1.82, 2.24) is 0 Å². The van der Waals surface area contributed by atoms with Crippen molar-refractivity contribution in [3.63, 3.8) is 0 Å². The molecule has 2 heterocycles. The molecule has 2 aliphatic rings. The number of benzene rings is 3. The van der Waals surface area contributed by atoms with E-state index in [1.165, 1.54) is 21.2 Å². The van der Waals surface area contributed by atoms with Crippen LogP contribution in [-0.2, 0) is 0 Å². The fraction of sp³-hybridized carbons (Fsp3) is 0. The summed E-state index contributed by atoms with van der Waals surface area (Å²) in [4.78, 5) is 3.24. The Morgan fingerprint density at radius 1 is 0.471 bits per heavy atom. The summed E-state index contributed by atoms with van der Waals surface area (Å²) in [5, 5.41) is 31.0. The molecule has 3 N–H and O–H groups in total. The zero-order valence-corrected chi connectivity index (χ0v) is 22.9. The van der Waals surface area contributed by atoms with Crippen LogP contribution in [0.3, 0.4) is 0 Å². The quantitative estimate of drug-likeness (QED) is 0.264. The molecule has 0 aromatic heterocycles. The molecule has 0 radical (unpaired) electrons. The normalized spacial score (nSPS) is 15.8. The van der Waals surface area contributed by atoms with Crippen LogP contribution in [0.1, 0.15) is 0 Å². The summed E-state index contributed by atoms with van der Waals surface area (Å²) in [6.07, 6.45) is 0. The number of rotatable bonds is 6. The number of phenols is 3. The minimum absolute atomic E-state index is 0.261. The van der Waals surface area contributed by atoms with Crippen molar-refractivity contribution < 1.29 is 15.3 Å². The SMILES string of the molecule is Oc1ccc(SC2=CSC(=C3SC(Sc4ccc(O)cc4)=C(Sc4ccc(O)cc4)S3)S2)cc1. The maximum absolute atomic E-state index is 9.63. The molecule has 3 aromatic carbocycles. The molecule has 0 unspecified atom stereocenters. The van der Waals surface area contributed by atoms with E-state index in [0.717, 1.165) is 14.7 Å². The lowest BCUT2D eigenvalue weighted by Crippen LogP contribution is -1.75. The zero-order valence-electron chi connectivity index (χ0n) is 17.2. The van der Waals surface area contributed by atoms with Crippen LogP contribution < -0.4 is 0 Å². The predicted molar refractivity (Wildman–Crippen MR) is 154 cm³/mol. The van der Waals surface area contributed by atoms with Crippen molar-refractivity contribution in [2.75, 3.05) is 0 Å². The van der Waals surface area contributed by atoms with Gasteiger partial charge in [0.15, 0.2) is 0 Å². The summed E-state index contributed by atoms with van der Waals surface area (Å²) in [7, 11) is 0. The number of thioether (sulfide) groups is 7. The molecule has 0 saturated carbocycles. The Morgan fingerprint density at radius 3 is 1.32 bits per heavy atom. The monoisotopic (exact) mass is 576 g/mol. The van der Waals surface area contributed by atoms with Crippen LogP contribution in [-0.4, -0.2) is 15.3 Å². The molecule has 0 fully saturated rings. The van der Waals surface area contributed by atoms with Crippen LogP contribution in [0, 0.1) is 0 Å². The van der Waals surface area contributed by atoms with Crippen LogP contribution in [0.5, 0.6) is 17.2 Å². The lowest BCUT2D eigenvalue weighted by atomic mass is 10.3. The fourth-order valence-corrected chi connectivity index (χ4v) is 12.2. The van der Waals surface area contributed by atoms with Gasteiger partial charge >= 0.3 is 0 Å². The highest BCUT2D eigenvalue weighted by Crippen LogP contribution is 2.65. The van der Waals surface area contributed by atoms with Gasteiger partial charge in [-0.05, 0) is 78.2 Å². The fourth-order valence-electron chi connectivity index (χ4n) is 2.73. The van der Waals surface area contributed by atoms with Gasteiger partial charge in [-0.1, -0.05) is 82.3 Å². The smallest absolute Gasteiger partial charge is 0.115 e. The van der Waals surface area contributed by atoms with E-state index < -0.39 is 0 Å². The summed E-state index contributed by atoms with van der Waals surface area (Å²) in [5.41, 5.74) is 0. The van der Waals surface area contributed by atoms with Crippen molar-refractivity contribution in [3.8, 4) is 17.2 Å². The van der Waals surface area contributed by atoms with Crippen LogP contribution in [0.25, 0.3) is 0 Å². The number of aromatic hydroxyl groups is 3. The largest absolute Gasteiger partial charge is 0.508 e. The predicted octanol–water partition coefficient (Wildman–Crippen LogP) is 9.49. The highest BCUT2D eigenvalue weighted by atomic mass is 32.3. The van der Waals surface area contributed by atoms with E-state index in [4.69, 9.17) is 0 Å². The average Bonchev–Trinajstić information content (AvgIpc) is 3.45. The van der Waals surface area contributed by atoms with Gasteiger partial charge in [-0.25, -0.2) is 0 Å². The van der Waals surface area contributed by atoms with Crippen molar-refractivity contribution >= 4 is 82.3 Å². The van der Waals surface area contributed by atoms with E-state index in [2.05, 4.69) is 5.41 Å². The Kier molecular flexibility index (Phi) is 8.04. The van der Waals surface area contributed by atoms with Crippen molar-refractivity contribution in [2.45, 2.75) is 14.7 Å². The molecule has 0 saturated heterocycles. The molecule has 172 valence electrons. The second kappa shape index (κ2) is 11.2. The highest BCUT2D eigenvalue weighted by Gasteiger charge is 2.28. The van der Waals surface area contributed by atoms with Crippen molar-refractivity contribution in [2.24, 2.45) is 0 Å². The zero-order chi connectivity index (χ0) is 23.5. The molecule has 0 atom stereocenters. The van der Waals surface area contributed by atoms with E-state index in [-0.39, 0.29) is 17.2 Å². The Labute approximate surface area is 227 Å². The molecule has 5 rings (SSSR count). The Balaban J connectivity index is 1.33. The molecular formula is C24H16O3S7. The van der Waals surface area contributed by atoms with Gasteiger partial charge in [0.1, 0.15) is 17.2 Å². The first-order valence-electron chi connectivity index (χ1n) is 9.81. The van der Waals surface area contributed by atoms with Crippen molar-refractivity contribution in [3.05, 3.63) is 99.4 Å². The molecule has 0 aliphatic carbocycles. The molecule has 0 bridgehead atoms. The first kappa shape index (κ1) is 24.4. The van der Waals surface area contributed by atoms with E-state index >= 15 is 0 Å². The van der Waals surface area contributed by atoms with Gasteiger partial charge in [0.25, 0.3) is 0 Å². The van der Waals surface area contributed by atoms with Gasteiger partial charge in [-0.2, -0.15) is 0 Å². The Morgan fingerprint density at radius 2 is 0.882 bits per heavy atom. The van der Waals surface area contributed by atoms with Crippen LogP contribution in [0.4, 0.5) is 0 Å². The summed E-state index contributed by atoms with van der Waals surface area (Å²) >= 11 is 12.2. The van der Waals surface area contributed by atoms with Gasteiger partial charge in [0.05, 0.1) is 21.2 Å². The molecule has 2 aliphatic heterocycles. The minimum Gasteiger partial charge on any atom is -0.508 e. The topological polar surface area (TPSA) is 60.7 Å². The van der Waals surface area contributed by atoms with Crippen LogP contribution in [0.15, 0.2) is 114 Å². The summed E-state index contributed by atoms with van der Waals surface area (Å²) in [6, 6.07) is 21.8. The molecule has 10 heteroatoms. The summed E-state index contributed by atoms with van der Waals surface area (Å²) < 4.78 is 6.15. The Bertz CT molecular complexity index is 1220. The number of phenolic OH excluding ortho intramolecular Hbond substituents is 3. The van der Waals surface area contributed by atoms with Gasteiger partial charge in [0.2, 0.25) is 0 Å². The van der Waals surface area contributed by atoms with Crippen molar-refractivity contribution in [1.29, 1.82) is 0 Å². The molecule has 3 aromatic rings. The number of hydrogen-bond acceptors (Lipinski definition) is 10. The third-order valence-electron chi connectivity index (χ3n) is 4.31. The molecule has 3 nitrogen and oxygen atoms in total. The van der Waals surface area contributed by atoms with Gasteiger partial charge in [0, 0.05) is 14.7 Å². The third-order valence-corrected chi connectivity index (χ3v) is 13.8. The maximum atomic E-state index is 9.63. The van der Waals surface area contributed by atoms with Gasteiger partial charge in [-0.3, -0.25) is 0 Å². The number of hydrogen-bond donors (Lipinski definition) is 3. The standard InChI is InChI=1S/C24H16O3S7/c25-14-1-7-17(8-2-14)29-20-13-28-21(32-20)22-33-23(30-18-9-3-15(26)4-10-18)24(34-22)31-19-11-5-16(27)6-12-19/h1-13,25-27H. The van der Waals surface area contributed by atoms with E-state index in [9.17, 15) is 15.3 Å². The van der Waals surface area contributed by atoms with E-state index in [0.29, 0.717) is 0 Å². The second-order valence-corrected chi connectivity index (χ2v) is 15.3. The van der Waals surface area contributed by atoms with Crippen LogP contribution in [0.2, 0.25) is 0 Å². The van der Waals surface area contributed by atoms with Crippen LogP contribution >= 0.6 is 82.3 Å². The van der Waals surface area contributed by atoms with E-state index in [1.54, 1.807) is 119 Å². The van der Waals surface area contributed by atoms with E-state index in [1.807, 2.05) is 36.4 Å². The Hall–Kier alpha value is -1.27. The minimum atomic E-state index is 0.261. The average molecular weight is 577 g/mol. The maximum Gasteiger partial charge on any atom is 0.115 e. The lowest BCUT2D eigenvalue weighted by Gasteiger charge is -2.05. The lowest BCUT2D eigenvalue weighted by molar-refractivity contribution is 0.474. The van der Waals surface area contributed by atoms with Gasteiger partial charge < -0.3 is 15.3 Å². The first-order valence-corrected chi connectivity index (χ1v) is 15.6. The second-order valence-electron chi connectivity index (χ2n) is 6.80. The third kappa shape index (κ3) is 6.29.